The number of nitrogens with zero attached hydrogens (tertiary/aromatic N) is 1. The second kappa shape index (κ2) is 5.50. The molecule has 1 saturated carbocycles. The van der Waals surface area contributed by atoms with Gasteiger partial charge in [-0.2, -0.15) is 0 Å². The zero-order chi connectivity index (χ0) is 12.5. The van der Waals surface area contributed by atoms with Crippen LogP contribution in [0.15, 0.2) is 0 Å². The summed E-state index contributed by atoms with van der Waals surface area (Å²) >= 11 is 0. The molecule has 2 heterocycles. The molecule has 1 N–H and O–H groups in total. The SMILES string of the molecule is CCNC1CC2CCCC(C1)N2C1CCC(C)C1. The first-order valence-electron chi connectivity index (χ1n) is 8.28. The van der Waals surface area contributed by atoms with Crippen molar-refractivity contribution in [1.82, 2.24) is 10.2 Å². The predicted molar refractivity (Wildman–Crippen MR) is 76.8 cm³/mol. The molecule has 4 unspecified atom stereocenters. The zero-order valence-corrected chi connectivity index (χ0v) is 12.2. The number of fused-ring (bicyclic) bond motifs is 2. The maximum absolute atomic E-state index is 3.71. The number of piperidine rings is 2. The van der Waals surface area contributed by atoms with Crippen LogP contribution in [-0.4, -0.2) is 35.6 Å². The highest BCUT2D eigenvalue weighted by molar-refractivity contribution is 4.99. The van der Waals surface area contributed by atoms with Crippen molar-refractivity contribution in [3.63, 3.8) is 0 Å². The van der Waals surface area contributed by atoms with E-state index in [1.165, 1.54) is 51.4 Å². The smallest absolute Gasteiger partial charge is 0.0116 e. The predicted octanol–water partition coefficient (Wildman–Crippen LogP) is 3.17. The molecule has 18 heavy (non-hydrogen) atoms. The van der Waals surface area contributed by atoms with Crippen LogP contribution in [0.3, 0.4) is 0 Å². The second-order valence-electron chi connectivity index (χ2n) is 6.98. The fourth-order valence-corrected chi connectivity index (χ4v) is 4.92. The van der Waals surface area contributed by atoms with Crippen molar-refractivity contribution >= 4 is 0 Å². The number of hydrogen-bond acceptors (Lipinski definition) is 2. The van der Waals surface area contributed by atoms with Gasteiger partial charge in [-0.3, -0.25) is 4.90 Å². The summed E-state index contributed by atoms with van der Waals surface area (Å²) in [5.41, 5.74) is 0. The fraction of sp³-hybridized carbons (Fsp3) is 1.00. The van der Waals surface area contributed by atoms with Crippen LogP contribution in [0.5, 0.6) is 0 Å². The standard InChI is InChI=1S/C16H30N2/c1-3-17-13-10-14-5-4-6-15(11-13)18(14)16-8-7-12(2)9-16/h12-17H,3-11H2,1-2H3. The molecule has 0 amide bonds. The van der Waals surface area contributed by atoms with Gasteiger partial charge in [-0.1, -0.05) is 20.3 Å². The highest BCUT2D eigenvalue weighted by Crippen LogP contribution is 2.40. The van der Waals surface area contributed by atoms with Crippen LogP contribution in [-0.2, 0) is 0 Å². The lowest BCUT2D eigenvalue weighted by atomic mass is 9.80. The molecule has 4 atom stereocenters. The van der Waals surface area contributed by atoms with Gasteiger partial charge in [0.15, 0.2) is 0 Å². The Labute approximate surface area is 113 Å². The van der Waals surface area contributed by atoms with Crippen molar-refractivity contribution in [2.24, 2.45) is 5.92 Å². The Bertz CT molecular complexity index is 264. The molecule has 2 saturated heterocycles. The molecule has 2 aliphatic heterocycles. The summed E-state index contributed by atoms with van der Waals surface area (Å²) < 4.78 is 0. The summed E-state index contributed by atoms with van der Waals surface area (Å²) in [6.45, 7) is 5.84. The van der Waals surface area contributed by atoms with E-state index in [1.807, 2.05) is 0 Å². The molecule has 3 rings (SSSR count). The third kappa shape index (κ3) is 2.46. The number of hydrogen-bond donors (Lipinski definition) is 1. The van der Waals surface area contributed by atoms with Gasteiger partial charge >= 0.3 is 0 Å². The summed E-state index contributed by atoms with van der Waals surface area (Å²) in [5.74, 6) is 0.974. The fourth-order valence-electron chi connectivity index (χ4n) is 4.92. The summed E-state index contributed by atoms with van der Waals surface area (Å²) in [5, 5.41) is 3.71. The van der Waals surface area contributed by atoms with Gasteiger partial charge in [0.25, 0.3) is 0 Å². The molecule has 2 bridgehead atoms. The first kappa shape index (κ1) is 12.9. The van der Waals surface area contributed by atoms with E-state index in [1.54, 1.807) is 0 Å². The van der Waals surface area contributed by atoms with E-state index < -0.39 is 0 Å². The molecule has 0 aromatic heterocycles. The van der Waals surface area contributed by atoms with Crippen LogP contribution in [0.4, 0.5) is 0 Å². The van der Waals surface area contributed by atoms with Gasteiger partial charge < -0.3 is 5.32 Å². The highest BCUT2D eigenvalue weighted by Gasteiger charge is 2.42. The second-order valence-corrected chi connectivity index (χ2v) is 6.98. The minimum absolute atomic E-state index is 0.806. The average Bonchev–Trinajstić information content (AvgIpc) is 2.75. The molecule has 3 fully saturated rings. The number of rotatable bonds is 3. The first-order valence-corrected chi connectivity index (χ1v) is 8.28. The average molecular weight is 250 g/mol. The van der Waals surface area contributed by atoms with E-state index in [4.69, 9.17) is 0 Å². The van der Waals surface area contributed by atoms with Crippen LogP contribution in [0.25, 0.3) is 0 Å². The molecule has 0 aromatic rings. The van der Waals surface area contributed by atoms with Crippen molar-refractivity contribution in [3.05, 3.63) is 0 Å². The normalized spacial score (nSPS) is 45.3. The highest BCUT2D eigenvalue weighted by atomic mass is 15.2. The number of nitrogens with one attached hydrogen (secondary N) is 1. The third-order valence-corrected chi connectivity index (χ3v) is 5.61. The minimum atomic E-state index is 0.806. The molecule has 3 aliphatic rings. The Morgan fingerprint density at radius 2 is 1.61 bits per heavy atom. The lowest BCUT2D eigenvalue weighted by Crippen LogP contribution is -2.59. The van der Waals surface area contributed by atoms with Crippen molar-refractivity contribution in [2.45, 2.75) is 89.4 Å². The van der Waals surface area contributed by atoms with Crippen LogP contribution in [0.2, 0.25) is 0 Å². The van der Waals surface area contributed by atoms with Crippen LogP contribution in [0.1, 0.15) is 65.2 Å². The van der Waals surface area contributed by atoms with Crippen molar-refractivity contribution in [3.8, 4) is 0 Å². The molecule has 2 heteroatoms. The van der Waals surface area contributed by atoms with E-state index in [2.05, 4.69) is 24.1 Å². The van der Waals surface area contributed by atoms with Crippen molar-refractivity contribution < 1.29 is 0 Å². The lowest BCUT2D eigenvalue weighted by Gasteiger charge is -2.52. The van der Waals surface area contributed by atoms with Gasteiger partial charge in [0, 0.05) is 24.2 Å². The molecule has 2 nitrogen and oxygen atoms in total. The van der Waals surface area contributed by atoms with Crippen LogP contribution >= 0.6 is 0 Å². The summed E-state index contributed by atoms with van der Waals surface area (Å²) in [4.78, 5) is 2.97. The summed E-state index contributed by atoms with van der Waals surface area (Å²) in [7, 11) is 0. The first-order chi connectivity index (χ1) is 8.78. The Morgan fingerprint density at radius 1 is 0.944 bits per heavy atom. The van der Waals surface area contributed by atoms with Gasteiger partial charge in [-0.15, -0.1) is 0 Å². The van der Waals surface area contributed by atoms with E-state index in [0.29, 0.717) is 0 Å². The molecule has 1 aliphatic carbocycles. The topological polar surface area (TPSA) is 15.3 Å². The molecule has 104 valence electrons. The van der Waals surface area contributed by atoms with Gasteiger partial charge in [-0.25, -0.2) is 0 Å². The van der Waals surface area contributed by atoms with Gasteiger partial charge in [0.05, 0.1) is 0 Å². The summed E-state index contributed by atoms with van der Waals surface area (Å²) in [6.07, 6.45) is 11.6. The molecule has 0 radical (unpaired) electrons. The van der Waals surface area contributed by atoms with E-state index >= 15 is 0 Å². The lowest BCUT2D eigenvalue weighted by molar-refractivity contribution is -0.00950. The maximum atomic E-state index is 3.71. The van der Waals surface area contributed by atoms with Crippen LogP contribution < -0.4 is 5.32 Å². The van der Waals surface area contributed by atoms with Crippen molar-refractivity contribution in [2.75, 3.05) is 6.54 Å². The molecule has 0 aromatic carbocycles. The Kier molecular flexibility index (Phi) is 3.95. The Balaban J connectivity index is 1.68. The largest absolute Gasteiger partial charge is 0.314 e. The maximum Gasteiger partial charge on any atom is 0.0116 e. The van der Waals surface area contributed by atoms with Gasteiger partial charge in [0.1, 0.15) is 0 Å². The molecule has 0 spiro atoms. The Hall–Kier alpha value is -0.0800. The molecular weight excluding hydrogens is 220 g/mol. The minimum Gasteiger partial charge on any atom is -0.314 e. The zero-order valence-electron chi connectivity index (χ0n) is 12.2. The van der Waals surface area contributed by atoms with Crippen molar-refractivity contribution in [1.29, 1.82) is 0 Å². The Morgan fingerprint density at radius 3 is 2.17 bits per heavy atom. The van der Waals surface area contributed by atoms with Gasteiger partial charge in [0.2, 0.25) is 0 Å². The van der Waals surface area contributed by atoms with E-state index in [-0.39, 0.29) is 0 Å². The van der Waals surface area contributed by atoms with Gasteiger partial charge in [-0.05, 0) is 57.4 Å². The third-order valence-electron chi connectivity index (χ3n) is 5.61. The van der Waals surface area contributed by atoms with E-state index in [9.17, 15) is 0 Å². The van der Waals surface area contributed by atoms with E-state index in [0.717, 1.165) is 36.6 Å². The summed E-state index contributed by atoms with van der Waals surface area (Å²) in [6, 6.07) is 3.53. The molecular formula is C16H30N2. The van der Waals surface area contributed by atoms with Crippen LogP contribution in [0, 0.1) is 5.92 Å². The monoisotopic (exact) mass is 250 g/mol. The quantitative estimate of drug-likeness (QED) is 0.827.